The maximum Gasteiger partial charge on any atom is 0.0610 e. The monoisotopic (exact) mass is 330 g/mol. The van der Waals surface area contributed by atoms with Crippen molar-refractivity contribution in [3.63, 3.8) is 0 Å². The Balaban J connectivity index is 1.89. The average Bonchev–Trinajstić information content (AvgIpc) is 2.93. The first-order chi connectivity index (χ1) is 12.3. The van der Waals surface area contributed by atoms with Crippen LogP contribution in [0.5, 0.6) is 0 Å². The Bertz CT molecular complexity index is 842. The molecule has 4 rings (SSSR count). The van der Waals surface area contributed by atoms with Crippen LogP contribution in [0.2, 0.25) is 0 Å². The molecule has 0 aliphatic carbocycles. The summed E-state index contributed by atoms with van der Waals surface area (Å²) in [5.74, 6) is 0. The second kappa shape index (κ2) is 7.38. The van der Waals surface area contributed by atoms with Crippen LogP contribution < -0.4 is 5.32 Å². The van der Waals surface area contributed by atoms with Crippen LogP contribution >= 0.6 is 0 Å². The molecule has 1 atom stereocenters. The van der Waals surface area contributed by atoms with Gasteiger partial charge in [0.15, 0.2) is 0 Å². The van der Waals surface area contributed by atoms with Crippen LogP contribution in [-0.2, 0) is 0 Å². The molecule has 1 aliphatic heterocycles. The van der Waals surface area contributed by atoms with Gasteiger partial charge in [-0.1, -0.05) is 66.7 Å². The van der Waals surface area contributed by atoms with Gasteiger partial charge < -0.3 is 5.32 Å². The predicted octanol–water partition coefficient (Wildman–Crippen LogP) is 4.53. The van der Waals surface area contributed by atoms with Crippen molar-refractivity contribution >= 4 is 10.8 Å². The van der Waals surface area contributed by atoms with Gasteiger partial charge in [-0.15, -0.1) is 0 Å². The number of hydrogen-bond donors (Lipinski definition) is 1. The highest BCUT2D eigenvalue weighted by molar-refractivity contribution is 5.86. The summed E-state index contributed by atoms with van der Waals surface area (Å²) in [6.45, 7) is 6.64. The number of hydrogen-bond acceptors (Lipinski definition) is 2. The molecular formula is C23H26N2. The summed E-state index contributed by atoms with van der Waals surface area (Å²) in [7, 11) is 0. The molecule has 2 heteroatoms. The van der Waals surface area contributed by atoms with Gasteiger partial charge >= 0.3 is 0 Å². The Kier molecular flexibility index (Phi) is 4.82. The second-order valence-electron chi connectivity index (χ2n) is 6.97. The topological polar surface area (TPSA) is 15.3 Å². The maximum absolute atomic E-state index is 3.55. The maximum atomic E-state index is 3.55. The van der Waals surface area contributed by atoms with Gasteiger partial charge in [0.05, 0.1) is 6.04 Å². The molecule has 0 amide bonds. The number of aryl methyl sites for hydroxylation is 1. The van der Waals surface area contributed by atoms with E-state index in [1.807, 2.05) is 0 Å². The number of nitrogens with one attached hydrogen (secondary N) is 1. The lowest BCUT2D eigenvalue weighted by Crippen LogP contribution is -2.33. The molecule has 1 aliphatic rings. The molecule has 0 spiro atoms. The molecule has 1 saturated heterocycles. The van der Waals surface area contributed by atoms with E-state index in [9.17, 15) is 0 Å². The van der Waals surface area contributed by atoms with E-state index in [1.165, 1.54) is 33.9 Å². The normalized spacial score (nSPS) is 17.3. The fourth-order valence-electron chi connectivity index (χ4n) is 4.07. The lowest BCUT2D eigenvalue weighted by molar-refractivity contribution is 0.241. The largest absolute Gasteiger partial charge is 0.315 e. The highest BCUT2D eigenvalue weighted by atomic mass is 15.2. The molecule has 0 bridgehead atoms. The van der Waals surface area contributed by atoms with Crippen LogP contribution in [0.15, 0.2) is 66.7 Å². The van der Waals surface area contributed by atoms with Crippen molar-refractivity contribution in [2.24, 2.45) is 0 Å². The van der Waals surface area contributed by atoms with Crippen molar-refractivity contribution in [3.05, 3.63) is 83.4 Å². The van der Waals surface area contributed by atoms with Crippen molar-refractivity contribution in [2.75, 3.05) is 26.2 Å². The second-order valence-corrected chi connectivity index (χ2v) is 6.97. The molecule has 3 aromatic rings. The first kappa shape index (κ1) is 16.3. The van der Waals surface area contributed by atoms with Crippen LogP contribution in [0, 0.1) is 6.92 Å². The highest BCUT2D eigenvalue weighted by Crippen LogP contribution is 2.35. The van der Waals surface area contributed by atoms with Gasteiger partial charge in [0.25, 0.3) is 0 Å². The van der Waals surface area contributed by atoms with Crippen molar-refractivity contribution in [3.8, 4) is 0 Å². The molecule has 1 fully saturated rings. The zero-order valence-corrected chi connectivity index (χ0v) is 14.9. The molecule has 25 heavy (non-hydrogen) atoms. The number of rotatable bonds is 3. The Morgan fingerprint density at radius 2 is 1.56 bits per heavy atom. The SMILES string of the molecule is Cc1ccccc1C(c1cccc2ccccc12)N1CCCNCC1. The van der Waals surface area contributed by atoms with E-state index in [2.05, 4.69) is 83.9 Å². The minimum absolute atomic E-state index is 0.312. The van der Waals surface area contributed by atoms with E-state index in [1.54, 1.807) is 0 Å². The van der Waals surface area contributed by atoms with E-state index < -0.39 is 0 Å². The molecule has 1 N–H and O–H groups in total. The molecule has 3 aromatic carbocycles. The third-order valence-corrected chi connectivity index (χ3v) is 5.34. The summed E-state index contributed by atoms with van der Waals surface area (Å²) in [5, 5.41) is 6.24. The molecule has 0 aromatic heterocycles. The van der Waals surface area contributed by atoms with E-state index in [0.717, 1.165) is 26.2 Å². The Hall–Kier alpha value is -2.16. The molecular weight excluding hydrogens is 304 g/mol. The van der Waals surface area contributed by atoms with Gasteiger partial charge in [-0.25, -0.2) is 0 Å². The fourth-order valence-corrected chi connectivity index (χ4v) is 4.07. The van der Waals surface area contributed by atoms with Crippen LogP contribution in [0.4, 0.5) is 0 Å². The van der Waals surface area contributed by atoms with E-state index >= 15 is 0 Å². The summed E-state index contributed by atoms with van der Waals surface area (Å²) in [4.78, 5) is 2.66. The summed E-state index contributed by atoms with van der Waals surface area (Å²) in [5.41, 5.74) is 4.23. The molecule has 0 saturated carbocycles. The van der Waals surface area contributed by atoms with Crippen molar-refractivity contribution in [1.82, 2.24) is 10.2 Å². The standard InChI is InChI=1S/C23H26N2/c1-18-8-2-4-11-20(18)23(25-16-7-14-24-15-17-25)22-13-6-10-19-9-3-5-12-21(19)22/h2-6,8-13,23-24H,7,14-17H2,1H3. The number of fused-ring (bicyclic) bond motifs is 1. The lowest BCUT2D eigenvalue weighted by atomic mass is 9.90. The molecule has 128 valence electrons. The van der Waals surface area contributed by atoms with Crippen molar-refractivity contribution in [1.29, 1.82) is 0 Å². The highest BCUT2D eigenvalue weighted by Gasteiger charge is 2.25. The van der Waals surface area contributed by atoms with Crippen LogP contribution in [0.3, 0.4) is 0 Å². The smallest absolute Gasteiger partial charge is 0.0610 e. The van der Waals surface area contributed by atoms with Gasteiger partial charge in [0.2, 0.25) is 0 Å². The Labute approximate surface area is 150 Å². The first-order valence-corrected chi connectivity index (χ1v) is 9.32. The van der Waals surface area contributed by atoms with E-state index in [0.29, 0.717) is 6.04 Å². The first-order valence-electron chi connectivity index (χ1n) is 9.32. The lowest BCUT2D eigenvalue weighted by Gasteiger charge is -2.33. The van der Waals surface area contributed by atoms with Gasteiger partial charge in [-0.3, -0.25) is 4.90 Å². The zero-order valence-electron chi connectivity index (χ0n) is 14.9. The Morgan fingerprint density at radius 3 is 2.48 bits per heavy atom. The van der Waals surface area contributed by atoms with Crippen LogP contribution in [-0.4, -0.2) is 31.1 Å². The number of benzene rings is 3. The summed E-state index contributed by atoms with van der Waals surface area (Å²) in [6.07, 6.45) is 1.20. The van der Waals surface area contributed by atoms with Gasteiger partial charge in [0.1, 0.15) is 0 Å². The van der Waals surface area contributed by atoms with E-state index in [-0.39, 0.29) is 0 Å². The quantitative estimate of drug-likeness (QED) is 0.759. The minimum atomic E-state index is 0.312. The third-order valence-electron chi connectivity index (χ3n) is 5.34. The summed E-state index contributed by atoms with van der Waals surface area (Å²) in [6, 6.07) is 24.7. The summed E-state index contributed by atoms with van der Waals surface area (Å²) < 4.78 is 0. The van der Waals surface area contributed by atoms with Crippen LogP contribution in [0.25, 0.3) is 10.8 Å². The molecule has 0 radical (unpaired) electrons. The Morgan fingerprint density at radius 1 is 0.800 bits per heavy atom. The van der Waals surface area contributed by atoms with Crippen molar-refractivity contribution < 1.29 is 0 Å². The van der Waals surface area contributed by atoms with Gasteiger partial charge in [-0.2, -0.15) is 0 Å². The number of nitrogens with zero attached hydrogens (tertiary/aromatic N) is 1. The fraction of sp³-hybridized carbons (Fsp3) is 0.304. The molecule has 1 heterocycles. The summed E-state index contributed by atoms with van der Waals surface area (Å²) >= 11 is 0. The van der Waals surface area contributed by atoms with Gasteiger partial charge in [-0.05, 0) is 47.4 Å². The van der Waals surface area contributed by atoms with Crippen LogP contribution in [0.1, 0.15) is 29.2 Å². The third kappa shape index (κ3) is 3.33. The molecule has 1 unspecified atom stereocenters. The average molecular weight is 330 g/mol. The zero-order chi connectivity index (χ0) is 17.1. The van der Waals surface area contributed by atoms with E-state index in [4.69, 9.17) is 0 Å². The molecule has 2 nitrogen and oxygen atoms in total. The van der Waals surface area contributed by atoms with Crippen molar-refractivity contribution in [2.45, 2.75) is 19.4 Å². The minimum Gasteiger partial charge on any atom is -0.315 e. The predicted molar refractivity (Wildman–Crippen MR) is 106 cm³/mol. The van der Waals surface area contributed by atoms with Gasteiger partial charge in [0, 0.05) is 19.6 Å².